The van der Waals surface area contributed by atoms with Crippen molar-refractivity contribution in [2.24, 2.45) is 0 Å². The summed E-state index contributed by atoms with van der Waals surface area (Å²) < 4.78 is 10.9. The predicted molar refractivity (Wildman–Crippen MR) is 181 cm³/mol. The zero-order valence-electron chi connectivity index (χ0n) is 23.9. The Hall–Kier alpha value is -6.27. The molecule has 5 heterocycles. The summed E-state index contributed by atoms with van der Waals surface area (Å²) >= 11 is 0. The van der Waals surface area contributed by atoms with Crippen LogP contribution in [0.5, 0.6) is 0 Å². The zero-order chi connectivity index (χ0) is 29.5. The first-order valence-electron chi connectivity index (χ1n) is 15.0. The number of para-hydroxylation sites is 3. The lowest BCUT2D eigenvalue weighted by atomic mass is 10.1. The molecule has 0 saturated carbocycles. The molecule has 0 unspecified atom stereocenters. The van der Waals surface area contributed by atoms with E-state index in [0.717, 1.165) is 66.3 Å². The van der Waals surface area contributed by atoms with Gasteiger partial charge in [-0.1, -0.05) is 84.9 Å². The second-order valence-corrected chi connectivity index (χ2v) is 11.3. The molecular weight excluding hydrogens is 554 g/mol. The van der Waals surface area contributed by atoms with Crippen LogP contribution in [0.2, 0.25) is 0 Å². The van der Waals surface area contributed by atoms with E-state index < -0.39 is 0 Å². The van der Waals surface area contributed by atoms with E-state index in [1.807, 2.05) is 54.9 Å². The third kappa shape index (κ3) is 3.36. The first kappa shape index (κ1) is 24.2. The Morgan fingerprint density at radius 3 is 2.09 bits per heavy atom. The first-order valence-corrected chi connectivity index (χ1v) is 15.0. The fourth-order valence-electron chi connectivity index (χ4n) is 6.95. The maximum atomic E-state index is 6.40. The van der Waals surface area contributed by atoms with Crippen LogP contribution < -0.4 is 0 Å². The molecule has 6 heteroatoms. The molecule has 45 heavy (non-hydrogen) atoms. The highest BCUT2D eigenvalue weighted by atomic mass is 16.3. The standard InChI is InChI=1S/C39H23N5O/c1-2-11-24(12-3-1)35-38-36(29-16-6-9-19-33(29)45-38)42-39(41-35)44-31-18-8-5-15-28(31)34-32(44)21-20-27-26-14-4-7-17-30(26)43(37(27)34)25-13-10-22-40-23-25/h1-23H. The monoisotopic (exact) mass is 577 g/mol. The summed E-state index contributed by atoms with van der Waals surface area (Å²) in [6.45, 7) is 0. The van der Waals surface area contributed by atoms with Gasteiger partial charge in [-0.2, -0.15) is 0 Å². The fraction of sp³-hybridized carbons (Fsp3) is 0. The summed E-state index contributed by atoms with van der Waals surface area (Å²) in [7, 11) is 0. The molecule has 5 aromatic carbocycles. The summed E-state index contributed by atoms with van der Waals surface area (Å²) in [5.74, 6) is 0.600. The Morgan fingerprint density at radius 2 is 1.27 bits per heavy atom. The number of aromatic nitrogens is 5. The van der Waals surface area contributed by atoms with E-state index in [0.29, 0.717) is 11.5 Å². The van der Waals surface area contributed by atoms with Crippen molar-refractivity contribution in [3.63, 3.8) is 0 Å². The Morgan fingerprint density at radius 1 is 0.533 bits per heavy atom. The van der Waals surface area contributed by atoms with Gasteiger partial charge in [-0.3, -0.25) is 9.55 Å². The van der Waals surface area contributed by atoms with E-state index in [9.17, 15) is 0 Å². The van der Waals surface area contributed by atoms with Gasteiger partial charge in [0.1, 0.15) is 16.8 Å². The predicted octanol–water partition coefficient (Wildman–Crippen LogP) is 9.63. The molecule has 10 aromatic rings. The quantitative estimate of drug-likeness (QED) is 0.210. The Labute approximate surface area is 256 Å². The molecule has 0 fully saturated rings. The largest absolute Gasteiger partial charge is 0.452 e. The van der Waals surface area contributed by atoms with Gasteiger partial charge < -0.3 is 8.98 Å². The minimum Gasteiger partial charge on any atom is -0.452 e. The molecule has 0 bridgehead atoms. The Bertz CT molecular complexity index is 2760. The number of pyridine rings is 1. The Balaban J connectivity index is 1.39. The Kier molecular flexibility index (Phi) is 4.90. The van der Waals surface area contributed by atoms with Gasteiger partial charge in [0, 0.05) is 38.7 Å². The van der Waals surface area contributed by atoms with Gasteiger partial charge in [0.05, 0.1) is 34.0 Å². The van der Waals surface area contributed by atoms with E-state index in [-0.39, 0.29) is 0 Å². The maximum Gasteiger partial charge on any atom is 0.236 e. The van der Waals surface area contributed by atoms with Gasteiger partial charge >= 0.3 is 0 Å². The summed E-state index contributed by atoms with van der Waals surface area (Å²) in [4.78, 5) is 15.0. The molecule has 5 aromatic heterocycles. The summed E-state index contributed by atoms with van der Waals surface area (Å²) in [5.41, 5.74) is 9.37. The number of hydrogen-bond donors (Lipinski definition) is 0. The van der Waals surface area contributed by atoms with Gasteiger partial charge in [0.15, 0.2) is 5.58 Å². The number of furan rings is 1. The molecule has 0 atom stereocenters. The minimum absolute atomic E-state index is 0.600. The lowest BCUT2D eigenvalue weighted by molar-refractivity contribution is 0.666. The maximum absolute atomic E-state index is 6.40. The van der Waals surface area contributed by atoms with Crippen molar-refractivity contribution in [3.8, 4) is 22.9 Å². The normalized spacial score (nSPS) is 12.0. The lowest BCUT2D eigenvalue weighted by Crippen LogP contribution is -2.03. The smallest absolute Gasteiger partial charge is 0.236 e. The third-order valence-corrected chi connectivity index (χ3v) is 8.83. The van der Waals surface area contributed by atoms with Crippen molar-refractivity contribution < 1.29 is 4.42 Å². The summed E-state index contributed by atoms with van der Waals surface area (Å²) in [6, 6.07) is 43.9. The van der Waals surface area contributed by atoms with Crippen molar-refractivity contribution >= 4 is 65.7 Å². The molecular formula is C39H23N5O. The van der Waals surface area contributed by atoms with Crippen LogP contribution in [0.4, 0.5) is 0 Å². The van der Waals surface area contributed by atoms with Crippen LogP contribution in [0.25, 0.3) is 88.6 Å². The van der Waals surface area contributed by atoms with Crippen molar-refractivity contribution in [2.45, 2.75) is 0 Å². The number of hydrogen-bond acceptors (Lipinski definition) is 4. The van der Waals surface area contributed by atoms with Crippen LogP contribution in [-0.4, -0.2) is 24.1 Å². The van der Waals surface area contributed by atoms with Crippen molar-refractivity contribution in [1.29, 1.82) is 0 Å². The molecule has 0 aliphatic rings. The van der Waals surface area contributed by atoms with E-state index >= 15 is 0 Å². The van der Waals surface area contributed by atoms with Gasteiger partial charge in [0.2, 0.25) is 5.95 Å². The van der Waals surface area contributed by atoms with Crippen molar-refractivity contribution in [3.05, 3.63) is 140 Å². The van der Waals surface area contributed by atoms with Gasteiger partial charge in [-0.25, -0.2) is 9.97 Å². The number of rotatable bonds is 3. The van der Waals surface area contributed by atoms with Crippen LogP contribution in [0.1, 0.15) is 0 Å². The number of fused-ring (bicyclic) bond motifs is 10. The highest BCUT2D eigenvalue weighted by molar-refractivity contribution is 6.26. The third-order valence-electron chi connectivity index (χ3n) is 8.83. The van der Waals surface area contributed by atoms with Crippen molar-refractivity contribution in [2.75, 3.05) is 0 Å². The highest BCUT2D eigenvalue weighted by Crippen LogP contribution is 2.42. The molecule has 0 radical (unpaired) electrons. The summed E-state index contributed by atoms with van der Waals surface area (Å²) in [6.07, 6.45) is 3.74. The molecule has 0 amide bonds. The minimum atomic E-state index is 0.600. The molecule has 0 saturated heterocycles. The second kappa shape index (κ2) is 9.11. The molecule has 0 aliphatic heterocycles. The van der Waals surface area contributed by atoms with Gasteiger partial charge in [-0.15, -0.1) is 0 Å². The van der Waals surface area contributed by atoms with Crippen molar-refractivity contribution in [1.82, 2.24) is 24.1 Å². The summed E-state index contributed by atoms with van der Waals surface area (Å²) in [5, 5.41) is 5.63. The van der Waals surface area contributed by atoms with Crippen LogP contribution >= 0.6 is 0 Å². The van der Waals surface area contributed by atoms with E-state index in [2.05, 4.69) is 99.0 Å². The van der Waals surface area contributed by atoms with E-state index in [1.165, 1.54) is 10.8 Å². The molecule has 210 valence electrons. The molecule has 0 aliphatic carbocycles. The van der Waals surface area contributed by atoms with Crippen LogP contribution in [-0.2, 0) is 0 Å². The zero-order valence-corrected chi connectivity index (χ0v) is 23.9. The van der Waals surface area contributed by atoms with Crippen LogP contribution in [0, 0.1) is 0 Å². The molecule has 10 rings (SSSR count). The average Bonchev–Trinajstić information content (AvgIpc) is 3.76. The fourth-order valence-corrected chi connectivity index (χ4v) is 6.95. The topological polar surface area (TPSA) is 61.7 Å². The van der Waals surface area contributed by atoms with E-state index in [1.54, 1.807) is 0 Å². The highest BCUT2D eigenvalue weighted by Gasteiger charge is 2.24. The number of nitrogens with zero attached hydrogens (tertiary/aromatic N) is 5. The van der Waals surface area contributed by atoms with Gasteiger partial charge in [0.25, 0.3) is 0 Å². The van der Waals surface area contributed by atoms with Crippen LogP contribution in [0.3, 0.4) is 0 Å². The first-order chi connectivity index (χ1) is 22.3. The van der Waals surface area contributed by atoms with E-state index in [4.69, 9.17) is 14.4 Å². The SMILES string of the molecule is c1ccc(-c2nc(-n3c4ccccc4c4c3ccc3c5ccccc5n(-c5cccnc5)c34)nc3c2oc2ccccc23)cc1. The average molecular weight is 578 g/mol. The molecule has 6 nitrogen and oxygen atoms in total. The molecule has 0 N–H and O–H groups in total. The number of benzene rings is 5. The lowest BCUT2D eigenvalue weighted by Gasteiger charge is -2.10. The van der Waals surface area contributed by atoms with Gasteiger partial charge in [-0.05, 0) is 42.5 Å². The molecule has 0 spiro atoms. The second-order valence-electron chi connectivity index (χ2n) is 11.3. The van der Waals surface area contributed by atoms with Crippen LogP contribution in [0.15, 0.2) is 144 Å².